The van der Waals surface area contributed by atoms with Gasteiger partial charge in [-0.05, 0) is 25.2 Å². The Labute approximate surface area is 149 Å². The second-order valence-corrected chi connectivity index (χ2v) is 5.98. The molecular weight excluding hydrogens is 326 g/mol. The highest BCUT2D eigenvalue weighted by molar-refractivity contribution is 7.80. The lowest BCUT2D eigenvalue weighted by molar-refractivity contribution is 0.172. The van der Waals surface area contributed by atoms with Crippen LogP contribution in [0.25, 0.3) is 0 Å². The smallest absolute Gasteiger partial charge is 0.203 e. The molecule has 1 heterocycles. The van der Waals surface area contributed by atoms with Crippen molar-refractivity contribution in [3.8, 4) is 17.2 Å². The molecule has 134 valence electrons. The van der Waals surface area contributed by atoms with E-state index in [4.69, 9.17) is 26.4 Å². The van der Waals surface area contributed by atoms with Crippen molar-refractivity contribution in [2.45, 2.75) is 13.5 Å². The summed E-state index contributed by atoms with van der Waals surface area (Å²) in [6.45, 7) is 7.52. The molecule has 0 spiro atoms. The van der Waals surface area contributed by atoms with E-state index < -0.39 is 0 Å². The molecule has 1 aromatic carbocycles. The molecule has 0 radical (unpaired) electrons. The Morgan fingerprint density at radius 3 is 2.25 bits per heavy atom. The predicted molar refractivity (Wildman–Crippen MR) is 99.2 cm³/mol. The van der Waals surface area contributed by atoms with Gasteiger partial charge in [0.1, 0.15) is 0 Å². The van der Waals surface area contributed by atoms with E-state index in [2.05, 4.69) is 22.0 Å². The van der Waals surface area contributed by atoms with Crippen LogP contribution in [0.2, 0.25) is 0 Å². The summed E-state index contributed by atoms with van der Waals surface area (Å²) in [6.07, 6.45) is 0. The molecule has 1 N–H and O–H groups in total. The molecule has 1 aliphatic rings. The standard InChI is InChI=1S/C17H27N3O3S/c1-5-18-17(24)20-10-8-19(9-11-20)12-13-6-7-14(21-2)16(23-4)15(13)22-3/h6-7H,5,8-12H2,1-4H3,(H,18,24). The molecule has 1 saturated heterocycles. The van der Waals surface area contributed by atoms with Crippen LogP contribution in [0.5, 0.6) is 17.2 Å². The number of benzene rings is 1. The zero-order valence-corrected chi connectivity index (χ0v) is 15.7. The van der Waals surface area contributed by atoms with E-state index in [1.807, 2.05) is 12.1 Å². The predicted octanol–water partition coefficient (Wildman–Crippen LogP) is 1.72. The zero-order valence-electron chi connectivity index (χ0n) is 14.9. The maximum absolute atomic E-state index is 5.57. The van der Waals surface area contributed by atoms with Gasteiger partial charge in [0.15, 0.2) is 16.6 Å². The summed E-state index contributed by atoms with van der Waals surface area (Å²) in [5.74, 6) is 2.06. The van der Waals surface area contributed by atoms with Gasteiger partial charge in [0.05, 0.1) is 21.3 Å². The molecule has 7 heteroatoms. The van der Waals surface area contributed by atoms with Gasteiger partial charge in [-0.15, -0.1) is 0 Å². The van der Waals surface area contributed by atoms with Crippen LogP contribution in [0.4, 0.5) is 0 Å². The molecule has 0 amide bonds. The number of thiocarbonyl (C=S) groups is 1. The Balaban J connectivity index is 2.03. The maximum atomic E-state index is 5.57. The summed E-state index contributed by atoms with van der Waals surface area (Å²) in [4.78, 5) is 4.62. The monoisotopic (exact) mass is 353 g/mol. The van der Waals surface area contributed by atoms with Crippen LogP contribution in [-0.4, -0.2) is 69.0 Å². The average molecular weight is 353 g/mol. The van der Waals surface area contributed by atoms with Crippen molar-refractivity contribution >= 4 is 17.3 Å². The molecule has 0 aliphatic carbocycles. The Morgan fingerprint density at radius 2 is 1.71 bits per heavy atom. The summed E-state index contributed by atoms with van der Waals surface area (Å²) >= 11 is 5.39. The largest absolute Gasteiger partial charge is 0.493 e. The van der Waals surface area contributed by atoms with E-state index in [0.717, 1.165) is 55.7 Å². The molecule has 1 aromatic rings. The Hall–Kier alpha value is -1.73. The van der Waals surface area contributed by atoms with Gasteiger partial charge in [-0.1, -0.05) is 6.07 Å². The van der Waals surface area contributed by atoms with Crippen molar-refractivity contribution in [1.29, 1.82) is 0 Å². The molecule has 0 atom stereocenters. The third kappa shape index (κ3) is 4.21. The quantitative estimate of drug-likeness (QED) is 0.782. The fourth-order valence-electron chi connectivity index (χ4n) is 2.90. The SMILES string of the molecule is CCNC(=S)N1CCN(Cc2ccc(OC)c(OC)c2OC)CC1. The summed E-state index contributed by atoms with van der Waals surface area (Å²) in [7, 11) is 4.92. The van der Waals surface area contributed by atoms with Crippen LogP contribution in [-0.2, 0) is 6.54 Å². The second kappa shape index (κ2) is 8.94. The third-order valence-corrected chi connectivity index (χ3v) is 4.57. The van der Waals surface area contributed by atoms with E-state index >= 15 is 0 Å². The first-order valence-electron chi connectivity index (χ1n) is 8.17. The summed E-state index contributed by atoms with van der Waals surface area (Å²) < 4.78 is 16.4. The van der Waals surface area contributed by atoms with E-state index in [0.29, 0.717) is 11.5 Å². The fourth-order valence-corrected chi connectivity index (χ4v) is 3.23. The van der Waals surface area contributed by atoms with Gasteiger partial charge >= 0.3 is 0 Å². The molecule has 1 fully saturated rings. The van der Waals surface area contributed by atoms with Gasteiger partial charge < -0.3 is 24.4 Å². The van der Waals surface area contributed by atoms with E-state index in [-0.39, 0.29) is 0 Å². The number of hydrogen-bond acceptors (Lipinski definition) is 5. The van der Waals surface area contributed by atoms with Crippen molar-refractivity contribution in [3.63, 3.8) is 0 Å². The highest BCUT2D eigenvalue weighted by Crippen LogP contribution is 2.40. The van der Waals surface area contributed by atoms with Crippen molar-refractivity contribution < 1.29 is 14.2 Å². The lowest BCUT2D eigenvalue weighted by atomic mass is 10.1. The minimum Gasteiger partial charge on any atom is -0.493 e. The van der Waals surface area contributed by atoms with Crippen molar-refractivity contribution in [2.24, 2.45) is 0 Å². The molecule has 0 bridgehead atoms. The second-order valence-electron chi connectivity index (χ2n) is 5.59. The molecule has 24 heavy (non-hydrogen) atoms. The highest BCUT2D eigenvalue weighted by atomic mass is 32.1. The number of hydrogen-bond donors (Lipinski definition) is 1. The van der Waals surface area contributed by atoms with Gasteiger partial charge in [0, 0.05) is 44.8 Å². The minimum atomic E-state index is 0.643. The number of nitrogens with zero attached hydrogens (tertiary/aromatic N) is 2. The Bertz CT molecular complexity index is 560. The molecule has 0 unspecified atom stereocenters. The van der Waals surface area contributed by atoms with Gasteiger partial charge in [-0.25, -0.2) is 0 Å². The maximum Gasteiger partial charge on any atom is 0.203 e. The number of nitrogens with one attached hydrogen (secondary N) is 1. The molecule has 0 saturated carbocycles. The lowest BCUT2D eigenvalue weighted by Crippen LogP contribution is -2.51. The number of rotatable bonds is 6. The van der Waals surface area contributed by atoms with Crippen LogP contribution in [0.3, 0.4) is 0 Å². The van der Waals surface area contributed by atoms with Crippen LogP contribution in [0.15, 0.2) is 12.1 Å². The average Bonchev–Trinajstić information content (AvgIpc) is 2.61. The zero-order chi connectivity index (χ0) is 17.5. The third-order valence-electron chi connectivity index (χ3n) is 4.17. The van der Waals surface area contributed by atoms with Gasteiger partial charge in [-0.2, -0.15) is 0 Å². The van der Waals surface area contributed by atoms with E-state index in [1.54, 1.807) is 21.3 Å². The molecular formula is C17H27N3O3S. The molecule has 2 rings (SSSR count). The normalized spacial score (nSPS) is 15.1. The molecule has 6 nitrogen and oxygen atoms in total. The topological polar surface area (TPSA) is 46.2 Å². The van der Waals surface area contributed by atoms with Crippen molar-refractivity contribution in [2.75, 3.05) is 54.1 Å². The van der Waals surface area contributed by atoms with Gasteiger partial charge in [0.25, 0.3) is 0 Å². The van der Waals surface area contributed by atoms with Crippen LogP contribution in [0.1, 0.15) is 12.5 Å². The van der Waals surface area contributed by atoms with Crippen LogP contribution < -0.4 is 19.5 Å². The first-order chi connectivity index (χ1) is 11.6. The molecule has 0 aromatic heterocycles. The number of ether oxygens (including phenoxy) is 3. The molecule has 1 aliphatic heterocycles. The van der Waals surface area contributed by atoms with Gasteiger partial charge in [0.2, 0.25) is 5.75 Å². The van der Waals surface area contributed by atoms with E-state index in [1.165, 1.54) is 0 Å². The van der Waals surface area contributed by atoms with Gasteiger partial charge in [-0.3, -0.25) is 4.90 Å². The van der Waals surface area contributed by atoms with E-state index in [9.17, 15) is 0 Å². The Morgan fingerprint density at radius 1 is 1.04 bits per heavy atom. The van der Waals surface area contributed by atoms with Crippen LogP contribution >= 0.6 is 12.2 Å². The summed E-state index contributed by atoms with van der Waals surface area (Å²) in [6, 6.07) is 3.96. The van der Waals surface area contributed by atoms with Crippen molar-refractivity contribution in [1.82, 2.24) is 15.1 Å². The fraction of sp³-hybridized carbons (Fsp3) is 0.588. The summed E-state index contributed by atoms with van der Waals surface area (Å²) in [5, 5.41) is 4.06. The highest BCUT2D eigenvalue weighted by Gasteiger charge is 2.22. The Kier molecular flexibility index (Phi) is 6.93. The lowest BCUT2D eigenvalue weighted by Gasteiger charge is -2.36. The first-order valence-corrected chi connectivity index (χ1v) is 8.58. The number of methoxy groups -OCH3 is 3. The first kappa shape index (κ1) is 18.6. The van der Waals surface area contributed by atoms with Crippen molar-refractivity contribution in [3.05, 3.63) is 17.7 Å². The minimum absolute atomic E-state index is 0.643. The summed E-state index contributed by atoms with van der Waals surface area (Å²) in [5.41, 5.74) is 1.10. The number of piperazine rings is 1. The van der Waals surface area contributed by atoms with Crippen LogP contribution in [0, 0.1) is 0 Å².